The number of anilines is 1. The fourth-order valence-corrected chi connectivity index (χ4v) is 2.14. The molecule has 5 nitrogen and oxygen atoms in total. The van der Waals surface area contributed by atoms with Crippen LogP contribution in [0.2, 0.25) is 0 Å². The largest absolute Gasteiger partial charge is 0.369 e. The van der Waals surface area contributed by atoms with Crippen molar-refractivity contribution in [3.63, 3.8) is 0 Å². The standard InChI is InChI=1S/C12H14N4O/c13-8-10-11(2-1-5-15-10)16-6-3-9(4-7-16)12(14)17/h1-2,5,9H,3-4,6-7H2,(H2,14,17). The molecule has 2 N–H and O–H groups in total. The zero-order chi connectivity index (χ0) is 12.3. The monoisotopic (exact) mass is 230 g/mol. The number of amides is 1. The van der Waals surface area contributed by atoms with E-state index in [0.717, 1.165) is 31.6 Å². The Morgan fingerprint density at radius 2 is 2.24 bits per heavy atom. The molecule has 17 heavy (non-hydrogen) atoms. The minimum absolute atomic E-state index is 0.0338. The summed E-state index contributed by atoms with van der Waals surface area (Å²) in [6, 6.07) is 5.78. The molecule has 1 aliphatic rings. The molecule has 88 valence electrons. The number of aromatic nitrogens is 1. The lowest BCUT2D eigenvalue weighted by atomic mass is 9.96. The van der Waals surface area contributed by atoms with E-state index in [1.807, 2.05) is 12.1 Å². The highest BCUT2D eigenvalue weighted by Crippen LogP contribution is 2.24. The number of rotatable bonds is 2. The summed E-state index contributed by atoms with van der Waals surface area (Å²) < 4.78 is 0. The van der Waals surface area contributed by atoms with E-state index in [4.69, 9.17) is 11.0 Å². The topological polar surface area (TPSA) is 83.0 Å². The quantitative estimate of drug-likeness (QED) is 0.808. The Morgan fingerprint density at radius 1 is 1.53 bits per heavy atom. The van der Waals surface area contributed by atoms with Crippen LogP contribution in [0.4, 0.5) is 5.69 Å². The molecule has 0 radical (unpaired) electrons. The second kappa shape index (κ2) is 4.83. The Kier molecular flexibility index (Phi) is 3.24. The molecule has 1 aromatic rings. The molecule has 5 heteroatoms. The van der Waals surface area contributed by atoms with Crippen molar-refractivity contribution in [2.75, 3.05) is 18.0 Å². The number of piperidine rings is 1. The summed E-state index contributed by atoms with van der Waals surface area (Å²) in [6.45, 7) is 1.49. The molecule has 1 aromatic heterocycles. The van der Waals surface area contributed by atoms with E-state index < -0.39 is 0 Å². The lowest BCUT2D eigenvalue weighted by molar-refractivity contribution is -0.122. The van der Waals surface area contributed by atoms with Crippen LogP contribution in [0.1, 0.15) is 18.5 Å². The van der Waals surface area contributed by atoms with E-state index in [2.05, 4.69) is 16.0 Å². The van der Waals surface area contributed by atoms with Crippen molar-refractivity contribution in [2.24, 2.45) is 11.7 Å². The van der Waals surface area contributed by atoms with Gasteiger partial charge in [-0.1, -0.05) is 0 Å². The molecule has 1 fully saturated rings. The van der Waals surface area contributed by atoms with Crippen LogP contribution < -0.4 is 10.6 Å². The van der Waals surface area contributed by atoms with E-state index in [1.54, 1.807) is 6.20 Å². The fourth-order valence-electron chi connectivity index (χ4n) is 2.14. The summed E-state index contributed by atoms with van der Waals surface area (Å²) in [5.74, 6) is -0.259. The Bertz CT molecular complexity index is 458. The van der Waals surface area contributed by atoms with Gasteiger partial charge in [0, 0.05) is 25.2 Å². The van der Waals surface area contributed by atoms with Crippen molar-refractivity contribution >= 4 is 11.6 Å². The maximum absolute atomic E-state index is 11.1. The summed E-state index contributed by atoms with van der Waals surface area (Å²) in [7, 11) is 0. The van der Waals surface area contributed by atoms with Crippen LogP contribution in [0.5, 0.6) is 0 Å². The number of nitriles is 1. The lowest BCUT2D eigenvalue weighted by Crippen LogP contribution is -2.38. The third kappa shape index (κ3) is 2.36. The summed E-state index contributed by atoms with van der Waals surface area (Å²) in [5, 5.41) is 8.98. The van der Waals surface area contributed by atoms with Gasteiger partial charge in [0.1, 0.15) is 6.07 Å². The molecule has 2 rings (SSSR count). The van der Waals surface area contributed by atoms with Gasteiger partial charge in [0.15, 0.2) is 5.69 Å². The Labute approximate surface area is 99.9 Å². The molecule has 0 spiro atoms. The lowest BCUT2D eigenvalue weighted by Gasteiger charge is -2.32. The average molecular weight is 230 g/mol. The molecule has 0 aromatic carbocycles. The van der Waals surface area contributed by atoms with Gasteiger partial charge in [0.05, 0.1) is 5.69 Å². The van der Waals surface area contributed by atoms with Gasteiger partial charge in [-0.2, -0.15) is 5.26 Å². The molecule has 0 bridgehead atoms. The van der Waals surface area contributed by atoms with Gasteiger partial charge in [-0.3, -0.25) is 4.79 Å². The molecule has 0 unspecified atom stereocenters. The zero-order valence-corrected chi connectivity index (χ0v) is 9.47. The number of nitrogens with two attached hydrogens (primary N) is 1. The molecule has 1 saturated heterocycles. The zero-order valence-electron chi connectivity index (χ0n) is 9.47. The molecule has 0 aliphatic carbocycles. The average Bonchev–Trinajstić information content (AvgIpc) is 2.39. The summed E-state index contributed by atoms with van der Waals surface area (Å²) in [4.78, 5) is 17.2. The number of primary amides is 1. The van der Waals surface area contributed by atoms with Crippen molar-refractivity contribution in [3.8, 4) is 6.07 Å². The van der Waals surface area contributed by atoms with Crippen LogP contribution in [-0.4, -0.2) is 24.0 Å². The van der Waals surface area contributed by atoms with E-state index in [-0.39, 0.29) is 11.8 Å². The molecular weight excluding hydrogens is 216 g/mol. The minimum atomic E-state index is -0.226. The normalized spacial score (nSPS) is 16.5. The maximum atomic E-state index is 11.1. The van der Waals surface area contributed by atoms with Crippen LogP contribution in [0.25, 0.3) is 0 Å². The van der Waals surface area contributed by atoms with E-state index in [1.165, 1.54) is 0 Å². The van der Waals surface area contributed by atoms with Crippen LogP contribution in [0.3, 0.4) is 0 Å². The predicted octanol–water partition coefficient (Wildman–Crippen LogP) is 0.655. The van der Waals surface area contributed by atoms with Gasteiger partial charge < -0.3 is 10.6 Å². The minimum Gasteiger partial charge on any atom is -0.369 e. The van der Waals surface area contributed by atoms with Gasteiger partial charge in [-0.05, 0) is 25.0 Å². The van der Waals surface area contributed by atoms with Crippen molar-refractivity contribution in [3.05, 3.63) is 24.0 Å². The number of pyridine rings is 1. The SMILES string of the molecule is N#Cc1ncccc1N1CCC(C(N)=O)CC1. The number of carbonyl (C=O) groups is 1. The Morgan fingerprint density at radius 3 is 2.82 bits per heavy atom. The van der Waals surface area contributed by atoms with Crippen LogP contribution >= 0.6 is 0 Å². The molecule has 1 aliphatic heterocycles. The van der Waals surface area contributed by atoms with Crippen LogP contribution in [-0.2, 0) is 4.79 Å². The van der Waals surface area contributed by atoms with Crippen molar-refractivity contribution in [1.82, 2.24) is 4.98 Å². The van der Waals surface area contributed by atoms with E-state index >= 15 is 0 Å². The fraction of sp³-hybridized carbons (Fsp3) is 0.417. The number of nitrogens with zero attached hydrogens (tertiary/aromatic N) is 3. The van der Waals surface area contributed by atoms with E-state index in [9.17, 15) is 4.79 Å². The molecular formula is C12H14N4O. The van der Waals surface area contributed by atoms with Gasteiger partial charge >= 0.3 is 0 Å². The third-order valence-electron chi connectivity index (χ3n) is 3.13. The third-order valence-corrected chi connectivity index (χ3v) is 3.13. The predicted molar refractivity (Wildman–Crippen MR) is 63.1 cm³/mol. The van der Waals surface area contributed by atoms with Gasteiger partial charge in [0.2, 0.25) is 5.91 Å². The second-order valence-electron chi connectivity index (χ2n) is 4.15. The number of hydrogen-bond donors (Lipinski definition) is 1. The highest BCUT2D eigenvalue weighted by molar-refractivity contribution is 5.77. The second-order valence-corrected chi connectivity index (χ2v) is 4.15. The van der Waals surface area contributed by atoms with Crippen molar-refractivity contribution in [2.45, 2.75) is 12.8 Å². The van der Waals surface area contributed by atoms with Crippen LogP contribution in [0.15, 0.2) is 18.3 Å². The Balaban J connectivity index is 2.11. The number of hydrogen-bond acceptors (Lipinski definition) is 4. The first-order valence-electron chi connectivity index (χ1n) is 5.61. The summed E-state index contributed by atoms with van der Waals surface area (Å²) in [5.41, 5.74) is 6.57. The van der Waals surface area contributed by atoms with Gasteiger partial charge in [-0.15, -0.1) is 0 Å². The first-order chi connectivity index (χ1) is 8.22. The van der Waals surface area contributed by atoms with Crippen molar-refractivity contribution in [1.29, 1.82) is 5.26 Å². The first-order valence-corrected chi connectivity index (χ1v) is 5.61. The maximum Gasteiger partial charge on any atom is 0.220 e. The highest BCUT2D eigenvalue weighted by atomic mass is 16.1. The molecule has 0 atom stereocenters. The summed E-state index contributed by atoms with van der Waals surface area (Å²) in [6.07, 6.45) is 3.10. The van der Waals surface area contributed by atoms with E-state index in [0.29, 0.717) is 5.69 Å². The first kappa shape index (κ1) is 11.4. The van der Waals surface area contributed by atoms with Gasteiger partial charge in [-0.25, -0.2) is 4.98 Å². The van der Waals surface area contributed by atoms with Crippen molar-refractivity contribution < 1.29 is 4.79 Å². The molecule has 1 amide bonds. The summed E-state index contributed by atoms with van der Waals surface area (Å²) >= 11 is 0. The van der Waals surface area contributed by atoms with Gasteiger partial charge in [0.25, 0.3) is 0 Å². The molecule has 2 heterocycles. The molecule has 0 saturated carbocycles. The highest BCUT2D eigenvalue weighted by Gasteiger charge is 2.24. The number of carbonyl (C=O) groups excluding carboxylic acids is 1. The van der Waals surface area contributed by atoms with Crippen LogP contribution in [0, 0.1) is 17.2 Å². The Hall–Kier alpha value is -2.09. The smallest absolute Gasteiger partial charge is 0.220 e.